The molecule has 3 nitrogen and oxygen atoms in total. The minimum atomic E-state index is 0.0876. The maximum atomic E-state index is 13.3. The van der Waals surface area contributed by atoms with E-state index < -0.39 is 0 Å². The van der Waals surface area contributed by atoms with Crippen LogP contribution in [0.15, 0.2) is 48.5 Å². The molecule has 2 aliphatic heterocycles. The Balaban J connectivity index is 1.46. The second kappa shape index (κ2) is 7.42. The number of rotatable bonds is 3. The number of likely N-dealkylation sites (tertiary alicyclic amines) is 1. The standard InChI is InChI=1S/C22H25ClN2O/c1-16-13-18-5-2-3-7-21(18)25(16)22(26)19-6-4-12-24(15-19)14-17-8-10-20(23)11-9-17/h2-3,5,7-11,16,19H,4,6,12-15H2,1H3/t16-,19+/m1/s1. The molecule has 1 fully saturated rings. The van der Waals surface area contributed by atoms with E-state index in [4.69, 9.17) is 11.6 Å². The van der Waals surface area contributed by atoms with Crippen molar-refractivity contribution in [2.75, 3.05) is 18.0 Å². The van der Waals surface area contributed by atoms with Gasteiger partial charge in [-0.3, -0.25) is 9.69 Å². The maximum absolute atomic E-state index is 13.3. The van der Waals surface area contributed by atoms with Crippen LogP contribution in [-0.4, -0.2) is 29.9 Å². The Hall–Kier alpha value is -1.84. The fourth-order valence-electron chi connectivity index (χ4n) is 4.35. The summed E-state index contributed by atoms with van der Waals surface area (Å²) in [5.41, 5.74) is 3.66. The third-order valence-electron chi connectivity index (χ3n) is 5.62. The molecule has 0 unspecified atom stereocenters. The van der Waals surface area contributed by atoms with Crippen LogP contribution >= 0.6 is 11.6 Å². The molecule has 4 rings (SSSR count). The van der Waals surface area contributed by atoms with Gasteiger partial charge in [0.15, 0.2) is 0 Å². The van der Waals surface area contributed by atoms with Crippen molar-refractivity contribution < 1.29 is 4.79 Å². The number of para-hydroxylation sites is 1. The quantitative estimate of drug-likeness (QED) is 0.794. The third-order valence-corrected chi connectivity index (χ3v) is 5.87. The van der Waals surface area contributed by atoms with Crippen molar-refractivity contribution in [2.24, 2.45) is 5.92 Å². The predicted molar refractivity (Wildman–Crippen MR) is 107 cm³/mol. The summed E-state index contributed by atoms with van der Waals surface area (Å²) in [5.74, 6) is 0.382. The van der Waals surface area contributed by atoms with Crippen molar-refractivity contribution in [1.82, 2.24) is 4.90 Å². The van der Waals surface area contributed by atoms with Crippen molar-refractivity contribution in [3.8, 4) is 0 Å². The maximum Gasteiger partial charge on any atom is 0.231 e. The van der Waals surface area contributed by atoms with Crippen LogP contribution in [0.5, 0.6) is 0 Å². The van der Waals surface area contributed by atoms with Gasteiger partial charge in [0.25, 0.3) is 0 Å². The van der Waals surface area contributed by atoms with Crippen LogP contribution in [0.3, 0.4) is 0 Å². The molecule has 0 bridgehead atoms. The van der Waals surface area contributed by atoms with E-state index in [2.05, 4.69) is 42.2 Å². The summed E-state index contributed by atoms with van der Waals surface area (Å²) in [6, 6.07) is 16.6. The number of amides is 1. The van der Waals surface area contributed by atoms with E-state index in [1.165, 1.54) is 11.1 Å². The lowest BCUT2D eigenvalue weighted by molar-refractivity contribution is -0.124. The first-order valence-electron chi connectivity index (χ1n) is 9.49. The van der Waals surface area contributed by atoms with E-state index in [9.17, 15) is 4.79 Å². The van der Waals surface area contributed by atoms with Crippen molar-refractivity contribution in [2.45, 2.75) is 38.8 Å². The second-order valence-electron chi connectivity index (χ2n) is 7.59. The minimum absolute atomic E-state index is 0.0876. The second-order valence-corrected chi connectivity index (χ2v) is 8.03. The highest BCUT2D eigenvalue weighted by atomic mass is 35.5. The molecule has 0 saturated carbocycles. The minimum Gasteiger partial charge on any atom is -0.309 e. The van der Waals surface area contributed by atoms with Gasteiger partial charge >= 0.3 is 0 Å². The summed E-state index contributed by atoms with van der Waals surface area (Å²) in [6.45, 7) is 4.94. The molecule has 0 aliphatic carbocycles. The molecule has 0 N–H and O–H groups in total. The Kier molecular flexibility index (Phi) is 5.01. The van der Waals surface area contributed by atoms with Crippen molar-refractivity contribution >= 4 is 23.2 Å². The van der Waals surface area contributed by atoms with Gasteiger partial charge in [0.2, 0.25) is 5.91 Å². The summed E-state index contributed by atoms with van der Waals surface area (Å²) in [7, 11) is 0. The topological polar surface area (TPSA) is 23.6 Å². The molecule has 1 amide bonds. The average Bonchev–Trinajstić information content (AvgIpc) is 2.99. The normalized spacial score (nSPS) is 23.1. The van der Waals surface area contributed by atoms with Gasteiger partial charge in [-0.15, -0.1) is 0 Å². The van der Waals surface area contributed by atoms with Crippen LogP contribution in [0.2, 0.25) is 5.02 Å². The fraction of sp³-hybridized carbons (Fsp3) is 0.409. The van der Waals surface area contributed by atoms with E-state index in [0.29, 0.717) is 5.91 Å². The lowest BCUT2D eigenvalue weighted by Crippen LogP contribution is -2.46. The molecular formula is C22H25ClN2O. The highest BCUT2D eigenvalue weighted by Crippen LogP contribution is 2.34. The Morgan fingerprint density at radius 1 is 1.15 bits per heavy atom. The van der Waals surface area contributed by atoms with Crippen LogP contribution in [0.25, 0.3) is 0 Å². The van der Waals surface area contributed by atoms with E-state index in [0.717, 1.165) is 49.6 Å². The Morgan fingerprint density at radius 3 is 2.73 bits per heavy atom. The number of hydrogen-bond donors (Lipinski definition) is 0. The van der Waals surface area contributed by atoms with E-state index >= 15 is 0 Å². The SMILES string of the molecule is C[C@@H]1Cc2ccccc2N1C(=O)[C@H]1CCCN(Cc2ccc(Cl)cc2)C1. The molecule has 136 valence electrons. The van der Waals surface area contributed by atoms with Crippen LogP contribution in [0.1, 0.15) is 30.9 Å². The number of carbonyl (C=O) groups is 1. The first kappa shape index (κ1) is 17.6. The zero-order valence-corrected chi connectivity index (χ0v) is 16.0. The number of hydrogen-bond acceptors (Lipinski definition) is 2. The zero-order valence-electron chi connectivity index (χ0n) is 15.2. The lowest BCUT2D eigenvalue weighted by atomic mass is 9.95. The molecule has 0 aromatic heterocycles. The van der Waals surface area contributed by atoms with Gasteiger partial charge < -0.3 is 4.90 Å². The Bertz CT molecular complexity index is 789. The van der Waals surface area contributed by atoms with Gasteiger partial charge in [0, 0.05) is 29.8 Å². The smallest absolute Gasteiger partial charge is 0.231 e. The van der Waals surface area contributed by atoms with Gasteiger partial charge in [0.1, 0.15) is 0 Å². The predicted octanol–water partition coefficient (Wildman–Crippen LogP) is 4.53. The number of fused-ring (bicyclic) bond motifs is 1. The first-order chi connectivity index (χ1) is 12.6. The molecule has 4 heteroatoms. The Labute approximate surface area is 160 Å². The van der Waals surface area contributed by atoms with E-state index in [1.54, 1.807) is 0 Å². The molecular weight excluding hydrogens is 344 g/mol. The van der Waals surface area contributed by atoms with Crippen molar-refractivity contribution in [1.29, 1.82) is 0 Å². The first-order valence-corrected chi connectivity index (χ1v) is 9.87. The van der Waals surface area contributed by atoms with Crippen LogP contribution in [0.4, 0.5) is 5.69 Å². The van der Waals surface area contributed by atoms with Gasteiger partial charge in [-0.1, -0.05) is 41.9 Å². The summed E-state index contributed by atoms with van der Waals surface area (Å²) in [5, 5.41) is 0.766. The van der Waals surface area contributed by atoms with Crippen LogP contribution < -0.4 is 4.90 Å². The highest BCUT2D eigenvalue weighted by molar-refractivity contribution is 6.30. The largest absolute Gasteiger partial charge is 0.309 e. The summed E-state index contributed by atoms with van der Waals surface area (Å²) >= 11 is 5.98. The number of halogens is 1. The third kappa shape index (κ3) is 3.51. The van der Waals surface area contributed by atoms with E-state index in [1.807, 2.05) is 23.1 Å². The molecule has 2 aromatic rings. The zero-order chi connectivity index (χ0) is 18.1. The number of piperidine rings is 1. The number of anilines is 1. The van der Waals surface area contributed by atoms with Gasteiger partial charge in [-0.25, -0.2) is 0 Å². The van der Waals surface area contributed by atoms with Crippen LogP contribution in [0, 0.1) is 5.92 Å². The van der Waals surface area contributed by atoms with Crippen molar-refractivity contribution in [3.63, 3.8) is 0 Å². The molecule has 0 spiro atoms. The summed E-state index contributed by atoms with van der Waals surface area (Å²) < 4.78 is 0. The molecule has 0 radical (unpaired) electrons. The average molecular weight is 369 g/mol. The summed E-state index contributed by atoms with van der Waals surface area (Å²) in [6.07, 6.45) is 3.03. The highest BCUT2D eigenvalue weighted by Gasteiger charge is 2.36. The fourth-order valence-corrected chi connectivity index (χ4v) is 4.47. The molecule has 26 heavy (non-hydrogen) atoms. The van der Waals surface area contributed by atoms with Crippen molar-refractivity contribution in [3.05, 3.63) is 64.7 Å². The van der Waals surface area contributed by atoms with Gasteiger partial charge in [-0.2, -0.15) is 0 Å². The lowest BCUT2D eigenvalue weighted by Gasteiger charge is -2.35. The van der Waals surface area contributed by atoms with Crippen LogP contribution in [-0.2, 0) is 17.8 Å². The molecule has 2 atom stereocenters. The molecule has 2 heterocycles. The number of benzene rings is 2. The molecule has 2 aromatic carbocycles. The van der Waals surface area contributed by atoms with Gasteiger partial charge in [0.05, 0.1) is 5.92 Å². The number of nitrogens with zero attached hydrogens (tertiary/aromatic N) is 2. The monoisotopic (exact) mass is 368 g/mol. The molecule has 2 aliphatic rings. The molecule has 1 saturated heterocycles. The summed E-state index contributed by atoms with van der Waals surface area (Å²) in [4.78, 5) is 17.8. The Morgan fingerprint density at radius 2 is 1.92 bits per heavy atom. The van der Waals surface area contributed by atoms with E-state index in [-0.39, 0.29) is 12.0 Å². The van der Waals surface area contributed by atoms with Gasteiger partial charge in [-0.05, 0) is 62.1 Å². The number of carbonyl (C=O) groups excluding carboxylic acids is 1.